The first-order chi connectivity index (χ1) is 12.9. The Hall–Kier alpha value is -3.14. The lowest BCUT2D eigenvalue weighted by atomic mass is 10.1. The Balaban J connectivity index is 1.67. The fraction of sp³-hybridized carbons (Fsp3) is 0.412. The van der Waals surface area contributed by atoms with Gasteiger partial charge >= 0.3 is 12.3 Å². The number of benzene rings is 1. The zero-order valence-electron chi connectivity index (χ0n) is 14.2. The fourth-order valence-electron chi connectivity index (χ4n) is 3.38. The van der Waals surface area contributed by atoms with Crippen molar-refractivity contribution in [2.75, 3.05) is 19.6 Å². The molecule has 1 saturated heterocycles. The van der Waals surface area contributed by atoms with Gasteiger partial charge in [-0.15, -0.1) is 0 Å². The average Bonchev–Trinajstić information content (AvgIpc) is 2.85. The number of likely N-dealkylation sites (tertiary alicyclic amines) is 1. The minimum Gasteiger partial charge on any atom is -0.450 e. The van der Waals surface area contributed by atoms with Crippen LogP contribution in [0, 0.1) is 0 Å². The molecular formula is C17H18N2O8. The molecule has 10 heteroatoms. The zero-order valence-corrected chi connectivity index (χ0v) is 14.2. The number of carboxylic acid groups (broad SMARTS) is 2. The summed E-state index contributed by atoms with van der Waals surface area (Å²) in [5.41, 5.74) is 0.651. The van der Waals surface area contributed by atoms with Crippen LogP contribution in [0.1, 0.15) is 33.6 Å². The molecule has 3 rings (SSSR count). The number of fused-ring (bicyclic) bond motifs is 1. The van der Waals surface area contributed by atoms with E-state index in [1.807, 2.05) is 0 Å². The topological polar surface area (TPSA) is 134 Å². The van der Waals surface area contributed by atoms with Crippen LogP contribution in [0.4, 0.5) is 9.59 Å². The highest BCUT2D eigenvalue weighted by Gasteiger charge is 2.37. The molecule has 27 heavy (non-hydrogen) atoms. The molecule has 0 aliphatic carbocycles. The third kappa shape index (κ3) is 4.00. The Morgan fingerprint density at radius 3 is 2.11 bits per heavy atom. The third-order valence-electron chi connectivity index (χ3n) is 4.57. The maximum Gasteiger partial charge on any atom is 0.507 e. The van der Waals surface area contributed by atoms with Crippen LogP contribution in [0.2, 0.25) is 0 Å². The largest absolute Gasteiger partial charge is 0.507 e. The average molecular weight is 378 g/mol. The number of amides is 2. The summed E-state index contributed by atoms with van der Waals surface area (Å²) in [7, 11) is 0. The van der Waals surface area contributed by atoms with Gasteiger partial charge in [0.2, 0.25) is 0 Å². The maximum atomic E-state index is 12.4. The molecule has 1 fully saturated rings. The molecule has 0 radical (unpaired) electrons. The molecule has 10 nitrogen and oxygen atoms in total. The second-order valence-corrected chi connectivity index (χ2v) is 6.22. The molecule has 0 saturated carbocycles. The van der Waals surface area contributed by atoms with Gasteiger partial charge in [0.25, 0.3) is 11.8 Å². The highest BCUT2D eigenvalue weighted by atomic mass is 16.7. The van der Waals surface area contributed by atoms with E-state index in [9.17, 15) is 19.2 Å². The van der Waals surface area contributed by atoms with Gasteiger partial charge < -0.3 is 19.7 Å². The van der Waals surface area contributed by atoms with Gasteiger partial charge in [0, 0.05) is 26.1 Å². The van der Waals surface area contributed by atoms with Gasteiger partial charge in [-0.2, -0.15) is 0 Å². The quantitative estimate of drug-likeness (QED) is 0.577. The second-order valence-electron chi connectivity index (χ2n) is 6.22. The van der Waals surface area contributed by atoms with Crippen molar-refractivity contribution in [2.24, 2.45) is 0 Å². The molecule has 0 aromatic heterocycles. The van der Waals surface area contributed by atoms with Gasteiger partial charge in [0.05, 0.1) is 11.1 Å². The van der Waals surface area contributed by atoms with Crippen molar-refractivity contribution in [1.29, 1.82) is 0 Å². The van der Waals surface area contributed by atoms with Crippen molar-refractivity contribution < 1.29 is 38.9 Å². The third-order valence-corrected chi connectivity index (χ3v) is 4.57. The summed E-state index contributed by atoms with van der Waals surface area (Å²) in [6.45, 7) is 0.252. The number of ether oxygens (including phenoxy) is 2. The van der Waals surface area contributed by atoms with Crippen molar-refractivity contribution in [1.82, 2.24) is 9.80 Å². The fourth-order valence-corrected chi connectivity index (χ4v) is 3.38. The standard InChI is InChI=1S/C17H18N2O8/c20-14-11-3-1-2-4-12(11)15(21)19(14)8-7-18-9-10(26-16(22)23)5-6-13(18)27-17(24)25/h1-4,10,13H,5-9H2,(H,22,23)(H,24,25)/t10-,13-/m1/s1. The predicted octanol–water partition coefficient (Wildman–Crippen LogP) is 1.46. The van der Waals surface area contributed by atoms with E-state index in [4.69, 9.17) is 19.7 Å². The van der Waals surface area contributed by atoms with E-state index < -0.39 is 36.5 Å². The van der Waals surface area contributed by atoms with Crippen LogP contribution in [0.25, 0.3) is 0 Å². The lowest BCUT2D eigenvalue weighted by Gasteiger charge is -2.37. The first-order valence-corrected chi connectivity index (χ1v) is 8.35. The van der Waals surface area contributed by atoms with E-state index >= 15 is 0 Å². The Morgan fingerprint density at radius 2 is 1.56 bits per heavy atom. The van der Waals surface area contributed by atoms with E-state index in [0.29, 0.717) is 17.5 Å². The minimum atomic E-state index is -1.46. The van der Waals surface area contributed by atoms with Crippen LogP contribution < -0.4 is 0 Å². The molecule has 0 spiro atoms. The van der Waals surface area contributed by atoms with Crippen molar-refractivity contribution in [3.63, 3.8) is 0 Å². The number of piperidine rings is 1. The molecule has 1 aromatic rings. The molecule has 2 aliphatic heterocycles. The lowest BCUT2D eigenvalue weighted by Crippen LogP contribution is -2.51. The number of hydrogen-bond acceptors (Lipinski definition) is 7. The van der Waals surface area contributed by atoms with E-state index in [1.54, 1.807) is 29.2 Å². The van der Waals surface area contributed by atoms with Crippen LogP contribution in [0.5, 0.6) is 0 Å². The minimum absolute atomic E-state index is 0.0195. The van der Waals surface area contributed by atoms with Crippen LogP contribution >= 0.6 is 0 Å². The smallest absolute Gasteiger partial charge is 0.450 e. The molecule has 0 bridgehead atoms. The highest BCUT2D eigenvalue weighted by Crippen LogP contribution is 2.24. The summed E-state index contributed by atoms with van der Waals surface area (Å²) >= 11 is 0. The molecule has 0 unspecified atom stereocenters. The first-order valence-electron chi connectivity index (χ1n) is 8.35. The summed E-state index contributed by atoms with van der Waals surface area (Å²) in [6, 6.07) is 6.48. The van der Waals surface area contributed by atoms with Crippen LogP contribution in [0.15, 0.2) is 24.3 Å². The van der Waals surface area contributed by atoms with Crippen molar-refractivity contribution in [3.8, 4) is 0 Å². The maximum absolute atomic E-state index is 12.4. The van der Waals surface area contributed by atoms with Gasteiger partial charge in [-0.1, -0.05) is 12.1 Å². The van der Waals surface area contributed by atoms with Crippen molar-refractivity contribution in [2.45, 2.75) is 25.2 Å². The van der Waals surface area contributed by atoms with Gasteiger partial charge in [-0.25, -0.2) is 9.59 Å². The van der Waals surface area contributed by atoms with Gasteiger partial charge in [-0.05, 0) is 18.6 Å². The van der Waals surface area contributed by atoms with Crippen LogP contribution in [0.3, 0.4) is 0 Å². The molecule has 2 aliphatic rings. The Labute approximate surface area is 153 Å². The Morgan fingerprint density at radius 1 is 0.963 bits per heavy atom. The second kappa shape index (κ2) is 7.62. The summed E-state index contributed by atoms with van der Waals surface area (Å²) in [5, 5.41) is 17.7. The molecular weight excluding hydrogens is 360 g/mol. The molecule has 1 aromatic carbocycles. The summed E-state index contributed by atoms with van der Waals surface area (Å²) < 4.78 is 9.60. The molecule has 2 heterocycles. The monoisotopic (exact) mass is 378 g/mol. The number of rotatable bonds is 5. The summed E-state index contributed by atoms with van der Waals surface area (Å²) in [4.78, 5) is 49.1. The van der Waals surface area contributed by atoms with Crippen molar-refractivity contribution in [3.05, 3.63) is 35.4 Å². The molecule has 2 atom stereocenters. The van der Waals surface area contributed by atoms with Crippen LogP contribution in [-0.2, 0) is 9.47 Å². The van der Waals surface area contributed by atoms with E-state index in [2.05, 4.69) is 0 Å². The van der Waals surface area contributed by atoms with Gasteiger partial charge in [-0.3, -0.25) is 19.4 Å². The number of nitrogens with zero attached hydrogens (tertiary/aromatic N) is 2. The van der Waals surface area contributed by atoms with Crippen LogP contribution in [-0.4, -0.2) is 76.1 Å². The van der Waals surface area contributed by atoms with Crippen molar-refractivity contribution >= 4 is 24.1 Å². The normalized spacial score (nSPS) is 22.4. The first kappa shape index (κ1) is 18.6. The Bertz CT molecular complexity index is 745. The number of imide groups is 1. The SMILES string of the molecule is O=C(O)O[C@@H]1CC[C@@H](OC(=O)O)N(CCN2C(=O)c3ccccc3C2=O)C1. The highest BCUT2D eigenvalue weighted by molar-refractivity contribution is 6.21. The summed E-state index contributed by atoms with van der Waals surface area (Å²) in [6.07, 6.45) is -3.76. The van der Waals surface area contributed by atoms with Gasteiger partial charge in [0.15, 0.2) is 6.23 Å². The summed E-state index contributed by atoms with van der Waals surface area (Å²) in [5.74, 6) is -0.830. The molecule has 144 valence electrons. The number of carbonyl (C=O) groups is 4. The molecule has 2 amide bonds. The van der Waals surface area contributed by atoms with E-state index in [0.717, 1.165) is 4.90 Å². The van der Waals surface area contributed by atoms with E-state index in [1.165, 1.54) is 0 Å². The number of hydrogen-bond donors (Lipinski definition) is 2. The van der Waals surface area contributed by atoms with Gasteiger partial charge in [0.1, 0.15) is 6.10 Å². The Kier molecular flexibility index (Phi) is 5.26. The van der Waals surface area contributed by atoms with E-state index in [-0.39, 0.29) is 26.1 Å². The number of carbonyl (C=O) groups excluding carboxylic acids is 2. The zero-order chi connectivity index (χ0) is 19.6. The lowest BCUT2D eigenvalue weighted by molar-refractivity contribution is -0.0912. The predicted molar refractivity (Wildman–Crippen MR) is 88.4 cm³/mol. The molecule has 2 N–H and O–H groups in total.